The van der Waals surface area contributed by atoms with Gasteiger partial charge < -0.3 is 14.3 Å². The molecular weight excluding hydrogens is 226 g/mol. The van der Waals surface area contributed by atoms with E-state index in [4.69, 9.17) is 4.42 Å². The number of rotatable bonds is 5. The molecule has 1 aliphatic carbocycles. The highest BCUT2D eigenvalue weighted by atomic mass is 16.3. The predicted molar refractivity (Wildman–Crippen MR) is 69.3 cm³/mol. The Bertz CT molecular complexity index is 525. The second-order valence-corrected chi connectivity index (χ2v) is 5.09. The van der Waals surface area contributed by atoms with Crippen molar-refractivity contribution in [2.75, 3.05) is 0 Å². The minimum absolute atomic E-state index is 0.195. The van der Waals surface area contributed by atoms with Crippen LogP contribution in [0.15, 0.2) is 29.1 Å². The van der Waals surface area contributed by atoms with Gasteiger partial charge in [-0.15, -0.1) is 0 Å². The third-order valence-electron chi connectivity index (χ3n) is 3.42. The third-order valence-corrected chi connectivity index (χ3v) is 3.42. The summed E-state index contributed by atoms with van der Waals surface area (Å²) >= 11 is 0. The molecule has 1 saturated carbocycles. The van der Waals surface area contributed by atoms with Crippen LogP contribution in [0.25, 0.3) is 0 Å². The van der Waals surface area contributed by atoms with Crippen molar-refractivity contribution < 1.29 is 4.42 Å². The molecule has 0 amide bonds. The molecule has 0 spiro atoms. The Balaban J connectivity index is 1.67. The molecule has 2 aromatic heterocycles. The molecule has 3 rings (SSSR count). The molecule has 1 fully saturated rings. The van der Waals surface area contributed by atoms with E-state index in [2.05, 4.69) is 28.0 Å². The van der Waals surface area contributed by atoms with Crippen LogP contribution in [0.4, 0.5) is 0 Å². The smallest absolute Gasteiger partial charge is 0.126 e. The van der Waals surface area contributed by atoms with Gasteiger partial charge in [-0.25, -0.2) is 4.98 Å². The first-order valence-corrected chi connectivity index (χ1v) is 6.54. The Labute approximate surface area is 107 Å². The second kappa shape index (κ2) is 4.61. The maximum atomic E-state index is 5.65. The molecule has 0 saturated heterocycles. The van der Waals surface area contributed by atoms with E-state index in [1.54, 1.807) is 0 Å². The highest BCUT2D eigenvalue weighted by molar-refractivity contribution is 5.11. The monoisotopic (exact) mass is 245 g/mol. The lowest BCUT2D eigenvalue weighted by atomic mass is 10.2. The quantitative estimate of drug-likeness (QED) is 0.880. The van der Waals surface area contributed by atoms with Crippen LogP contribution in [0.2, 0.25) is 0 Å². The lowest BCUT2D eigenvalue weighted by molar-refractivity contribution is 0.429. The van der Waals surface area contributed by atoms with Gasteiger partial charge in [0.05, 0.1) is 18.1 Å². The van der Waals surface area contributed by atoms with Crippen LogP contribution in [-0.4, -0.2) is 15.6 Å². The van der Waals surface area contributed by atoms with Gasteiger partial charge in [0.1, 0.15) is 11.5 Å². The summed E-state index contributed by atoms with van der Waals surface area (Å²) in [4.78, 5) is 4.43. The number of imidazole rings is 1. The van der Waals surface area contributed by atoms with Crippen LogP contribution in [-0.2, 0) is 6.54 Å². The van der Waals surface area contributed by atoms with E-state index in [1.165, 1.54) is 12.8 Å². The van der Waals surface area contributed by atoms with E-state index in [0.717, 1.165) is 29.8 Å². The van der Waals surface area contributed by atoms with Crippen molar-refractivity contribution in [1.82, 2.24) is 14.9 Å². The summed E-state index contributed by atoms with van der Waals surface area (Å²) in [7, 11) is 0. The first-order chi connectivity index (χ1) is 8.72. The molecule has 0 radical (unpaired) electrons. The van der Waals surface area contributed by atoms with Crippen LogP contribution < -0.4 is 5.32 Å². The Morgan fingerprint density at radius 3 is 3.00 bits per heavy atom. The predicted octanol–water partition coefficient (Wildman–Crippen LogP) is 2.65. The van der Waals surface area contributed by atoms with Gasteiger partial charge in [-0.3, -0.25) is 0 Å². The van der Waals surface area contributed by atoms with Gasteiger partial charge in [0, 0.05) is 18.8 Å². The zero-order chi connectivity index (χ0) is 12.5. The molecule has 1 unspecified atom stereocenters. The molecule has 4 heteroatoms. The standard InChI is InChI=1S/C14H19N3O/c1-10-3-6-14(18-10)11(2)17-8-13(16-9-17)7-15-12-4-5-12/h3,6,8-9,11-12,15H,4-5,7H2,1-2H3. The van der Waals surface area contributed by atoms with Gasteiger partial charge in [0.25, 0.3) is 0 Å². The molecule has 0 aliphatic heterocycles. The number of nitrogens with one attached hydrogen (secondary N) is 1. The first-order valence-electron chi connectivity index (χ1n) is 6.54. The molecule has 1 atom stereocenters. The molecule has 0 bridgehead atoms. The normalized spacial score (nSPS) is 17.0. The molecular formula is C14H19N3O. The van der Waals surface area contributed by atoms with Crippen molar-refractivity contribution in [2.45, 2.75) is 45.3 Å². The summed E-state index contributed by atoms with van der Waals surface area (Å²) in [5.74, 6) is 1.93. The highest BCUT2D eigenvalue weighted by Crippen LogP contribution is 2.21. The summed E-state index contributed by atoms with van der Waals surface area (Å²) in [6.07, 6.45) is 6.59. The van der Waals surface area contributed by atoms with E-state index in [-0.39, 0.29) is 6.04 Å². The van der Waals surface area contributed by atoms with Crippen molar-refractivity contribution >= 4 is 0 Å². The Morgan fingerprint density at radius 1 is 1.50 bits per heavy atom. The molecule has 1 N–H and O–H groups in total. The number of hydrogen-bond donors (Lipinski definition) is 1. The Kier molecular flexibility index (Phi) is 2.96. The maximum Gasteiger partial charge on any atom is 0.126 e. The van der Waals surface area contributed by atoms with Gasteiger partial charge in [-0.05, 0) is 38.8 Å². The third kappa shape index (κ3) is 2.48. The molecule has 1 aliphatic rings. The first kappa shape index (κ1) is 11.5. The summed E-state index contributed by atoms with van der Waals surface area (Å²) in [5.41, 5.74) is 1.09. The summed E-state index contributed by atoms with van der Waals surface area (Å²) < 4.78 is 7.75. The van der Waals surface area contributed by atoms with Crippen molar-refractivity contribution in [3.63, 3.8) is 0 Å². The van der Waals surface area contributed by atoms with E-state index in [0.29, 0.717) is 0 Å². The fourth-order valence-electron chi connectivity index (χ4n) is 2.04. The second-order valence-electron chi connectivity index (χ2n) is 5.09. The Morgan fingerprint density at radius 2 is 2.33 bits per heavy atom. The van der Waals surface area contributed by atoms with Crippen LogP contribution in [0, 0.1) is 6.92 Å². The van der Waals surface area contributed by atoms with Crippen molar-refractivity contribution in [3.8, 4) is 0 Å². The fraction of sp³-hybridized carbons (Fsp3) is 0.500. The molecule has 2 heterocycles. The molecule has 0 aromatic carbocycles. The topological polar surface area (TPSA) is 43.0 Å². The summed E-state index contributed by atoms with van der Waals surface area (Å²) in [6.45, 7) is 4.95. The largest absolute Gasteiger partial charge is 0.464 e. The lowest BCUT2D eigenvalue weighted by Crippen LogP contribution is -2.15. The number of nitrogens with zero attached hydrogens (tertiary/aromatic N) is 2. The van der Waals surface area contributed by atoms with Gasteiger partial charge in [-0.2, -0.15) is 0 Å². The van der Waals surface area contributed by atoms with Gasteiger partial charge in [0.15, 0.2) is 0 Å². The SMILES string of the molecule is Cc1ccc(C(C)n2cnc(CNC3CC3)c2)o1. The summed E-state index contributed by atoms with van der Waals surface area (Å²) in [6, 6.07) is 4.95. The molecule has 4 nitrogen and oxygen atoms in total. The van der Waals surface area contributed by atoms with Crippen molar-refractivity contribution in [1.29, 1.82) is 0 Å². The minimum Gasteiger partial charge on any atom is -0.464 e. The van der Waals surface area contributed by atoms with E-state index in [1.807, 2.05) is 25.4 Å². The van der Waals surface area contributed by atoms with Gasteiger partial charge >= 0.3 is 0 Å². The van der Waals surface area contributed by atoms with Crippen molar-refractivity contribution in [2.24, 2.45) is 0 Å². The number of aromatic nitrogens is 2. The number of furan rings is 1. The van der Waals surface area contributed by atoms with E-state index < -0.39 is 0 Å². The number of hydrogen-bond acceptors (Lipinski definition) is 3. The van der Waals surface area contributed by atoms with Crippen molar-refractivity contribution in [3.05, 3.63) is 41.9 Å². The molecule has 18 heavy (non-hydrogen) atoms. The van der Waals surface area contributed by atoms with E-state index >= 15 is 0 Å². The average Bonchev–Trinajstić information content (AvgIpc) is 2.90. The zero-order valence-electron chi connectivity index (χ0n) is 10.9. The minimum atomic E-state index is 0.195. The molecule has 96 valence electrons. The highest BCUT2D eigenvalue weighted by Gasteiger charge is 2.20. The lowest BCUT2D eigenvalue weighted by Gasteiger charge is -2.09. The number of aryl methyl sites for hydroxylation is 1. The van der Waals surface area contributed by atoms with E-state index in [9.17, 15) is 0 Å². The summed E-state index contributed by atoms with van der Waals surface area (Å²) in [5, 5.41) is 3.47. The van der Waals surface area contributed by atoms with Gasteiger partial charge in [0.2, 0.25) is 0 Å². The molecule has 2 aromatic rings. The maximum absolute atomic E-state index is 5.65. The Hall–Kier alpha value is -1.55. The van der Waals surface area contributed by atoms with Crippen LogP contribution in [0.1, 0.15) is 43.0 Å². The van der Waals surface area contributed by atoms with Crippen LogP contribution >= 0.6 is 0 Å². The van der Waals surface area contributed by atoms with Crippen LogP contribution in [0.5, 0.6) is 0 Å². The zero-order valence-corrected chi connectivity index (χ0v) is 10.9. The average molecular weight is 245 g/mol. The van der Waals surface area contributed by atoms with Crippen LogP contribution in [0.3, 0.4) is 0 Å². The van der Waals surface area contributed by atoms with Gasteiger partial charge in [-0.1, -0.05) is 0 Å². The fourth-order valence-corrected chi connectivity index (χ4v) is 2.04.